The number of rotatable bonds is 5. The van der Waals surface area contributed by atoms with E-state index >= 15 is 0 Å². The lowest BCUT2D eigenvalue weighted by molar-refractivity contribution is 0.00706. The van der Waals surface area contributed by atoms with Crippen LogP contribution in [-0.2, 0) is 17.8 Å². The first-order valence-electron chi connectivity index (χ1n) is 12.5. The lowest BCUT2D eigenvalue weighted by Gasteiger charge is -2.23. The number of anilines is 2. The van der Waals surface area contributed by atoms with Crippen LogP contribution in [0.4, 0.5) is 11.5 Å². The van der Waals surface area contributed by atoms with Gasteiger partial charge in [0.15, 0.2) is 0 Å². The Bertz CT molecular complexity index is 1530. The quantitative estimate of drug-likeness (QED) is 0.360. The van der Waals surface area contributed by atoms with E-state index in [4.69, 9.17) is 9.72 Å². The van der Waals surface area contributed by atoms with Crippen molar-refractivity contribution in [2.24, 2.45) is 0 Å². The Labute approximate surface area is 216 Å². The number of aromatic nitrogens is 2. The number of nitrogens with zero attached hydrogens (tertiary/aromatic N) is 3. The number of pyridine rings is 1. The molecule has 3 heterocycles. The second kappa shape index (κ2) is 9.39. The van der Waals surface area contributed by atoms with Gasteiger partial charge >= 0.3 is 5.97 Å². The fourth-order valence-corrected chi connectivity index (χ4v) is 4.76. The fraction of sp³-hybridized carbons (Fsp3) is 0.300. The van der Waals surface area contributed by atoms with Crippen LogP contribution < -0.4 is 15.8 Å². The highest BCUT2D eigenvalue weighted by Gasteiger charge is 2.24. The Balaban J connectivity index is 1.51. The number of ether oxygens (including phenoxy) is 1. The van der Waals surface area contributed by atoms with E-state index in [1.807, 2.05) is 77.2 Å². The molecule has 0 saturated carbocycles. The van der Waals surface area contributed by atoms with E-state index in [0.717, 1.165) is 24.2 Å². The van der Waals surface area contributed by atoms with Crippen molar-refractivity contribution in [3.8, 4) is 0 Å². The summed E-state index contributed by atoms with van der Waals surface area (Å²) in [6, 6.07) is 19.0. The Kier molecular flexibility index (Phi) is 6.23. The van der Waals surface area contributed by atoms with E-state index in [9.17, 15) is 9.59 Å². The Hall–Kier alpha value is -4.13. The van der Waals surface area contributed by atoms with Crippen LogP contribution in [0, 0.1) is 6.92 Å². The zero-order valence-electron chi connectivity index (χ0n) is 21.9. The van der Waals surface area contributed by atoms with Gasteiger partial charge in [0.05, 0.1) is 11.6 Å². The van der Waals surface area contributed by atoms with Crippen LogP contribution in [0.5, 0.6) is 0 Å². The number of hydrogen-bond donors (Lipinski definition) is 1. The average Bonchev–Trinajstić information content (AvgIpc) is 3.27. The third-order valence-electron chi connectivity index (χ3n) is 6.46. The Morgan fingerprint density at radius 1 is 1.03 bits per heavy atom. The fourth-order valence-electron chi connectivity index (χ4n) is 4.76. The van der Waals surface area contributed by atoms with E-state index in [1.165, 1.54) is 11.1 Å². The number of aryl methyl sites for hydroxylation is 1. The summed E-state index contributed by atoms with van der Waals surface area (Å²) in [6.45, 7) is 11.0. The Morgan fingerprint density at radius 3 is 2.35 bits per heavy atom. The van der Waals surface area contributed by atoms with Crippen molar-refractivity contribution in [1.82, 2.24) is 9.38 Å². The third-order valence-corrected chi connectivity index (χ3v) is 6.46. The van der Waals surface area contributed by atoms with Crippen molar-refractivity contribution < 1.29 is 9.53 Å². The molecule has 0 bridgehead atoms. The van der Waals surface area contributed by atoms with Crippen LogP contribution in [0.15, 0.2) is 71.7 Å². The van der Waals surface area contributed by atoms with Gasteiger partial charge in [-0.2, -0.15) is 0 Å². The Morgan fingerprint density at radius 2 is 1.68 bits per heavy atom. The maximum Gasteiger partial charge on any atom is 0.340 e. The van der Waals surface area contributed by atoms with E-state index in [2.05, 4.69) is 22.3 Å². The minimum absolute atomic E-state index is 0.123. The molecule has 0 amide bonds. The van der Waals surface area contributed by atoms with Gasteiger partial charge in [-0.05, 0) is 69.5 Å². The van der Waals surface area contributed by atoms with Crippen LogP contribution in [0.1, 0.15) is 66.3 Å². The predicted octanol–water partition coefficient (Wildman–Crippen LogP) is 5.65. The number of hydrogen-bond acceptors (Lipinski definition) is 6. The second-order valence-corrected chi connectivity index (χ2v) is 10.7. The molecule has 1 atom stereocenters. The van der Waals surface area contributed by atoms with Crippen molar-refractivity contribution >= 4 is 23.1 Å². The molecule has 2 aromatic carbocycles. The molecule has 1 unspecified atom stereocenters. The lowest BCUT2D eigenvalue weighted by atomic mass is 10.1. The van der Waals surface area contributed by atoms with E-state index in [0.29, 0.717) is 22.7 Å². The third kappa shape index (κ3) is 5.07. The maximum atomic E-state index is 13.2. The van der Waals surface area contributed by atoms with E-state index in [1.54, 1.807) is 16.5 Å². The minimum Gasteiger partial charge on any atom is -0.456 e. The summed E-state index contributed by atoms with van der Waals surface area (Å²) in [7, 11) is 0. The molecule has 1 aliphatic rings. The molecule has 4 aromatic rings. The SMILES string of the molecule is Cc1cc(C(C)Nc2ccccc2C(=O)OC(C)(C)C)c2nc(N3Cc4ccccc4C3)cc(=O)n2c1. The van der Waals surface area contributed by atoms with Gasteiger partial charge in [0, 0.05) is 36.6 Å². The summed E-state index contributed by atoms with van der Waals surface area (Å²) in [5.74, 6) is 0.273. The second-order valence-electron chi connectivity index (χ2n) is 10.7. The van der Waals surface area contributed by atoms with Gasteiger partial charge in [-0.1, -0.05) is 36.4 Å². The van der Waals surface area contributed by atoms with Crippen LogP contribution in [0.3, 0.4) is 0 Å². The smallest absolute Gasteiger partial charge is 0.340 e. The van der Waals surface area contributed by atoms with Crippen LogP contribution in [0.2, 0.25) is 0 Å². The number of esters is 1. The molecule has 0 radical (unpaired) electrons. The lowest BCUT2D eigenvalue weighted by Crippen LogP contribution is -2.25. The normalized spacial score (nSPS) is 13.9. The summed E-state index contributed by atoms with van der Waals surface area (Å²) < 4.78 is 7.22. The molecule has 0 spiro atoms. The summed E-state index contributed by atoms with van der Waals surface area (Å²) in [4.78, 5) is 33.2. The summed E-state index contributed by atoms with van der Waals surface area (Å²) in [6.07, 6.45) is 1.82. The number of carbonyl (C=O) groups is 1. The molecule has 1 aliphatic heterocycles. The van der Waals surface area contributed by atoms with Gasteiger partial charge in [0.25, 0.3) is 5.56 Å². The van der Waals surface area contributed by atoms with Crippen molar-refractivity contribution in [3.05, 3.63) is 105 Å². The molecule has 1 N–H and O–H groups in total. The molecule has 7 nitrogen and oxygen atoms in total. The van der Waals surface area contributed by atoms with Gasteiger partial charge in [0.1, 0.15) is 17.1 Å². The van der Waals surface area contributed by atoms with E-state index in [-0.39, 0.29) is 17.6 Å². The number of para-hydroxylation sites is 1. The topological polar surface area (TPSA) is 75.9 Å². The zero-order valence-corrected chi connectivity index (χ0v) is 21.9. The van der Waals surface area contributed by atoms with Crippen LogP contribution in [-0.4, -0.2) is 21.0 Å². The summed E-state index contributed by atoms with van der Waals surface area (Å²) in [5, 5.41) is 3.47. The number of nitrogens with one attached hydrogen (secondary N) is 1. The maximum absolute atomic E-state index is 13.2. The molecule has 5 rings (SSSR count). The molecule has 2 aromatic heterocycles. The molecule has 0 fully saturated rings. The first-order valence-corrected chi connectivity index (χ1v) is 12.5. The van der Waals surface area contributed by atoms with Gasteiger partial charge < -0.3 is 15.0 Å². The molecule has 190 valence electrons. The molecular formula is C30H32N4O3. The minimum atomic E-state index is -0.598. The van der Waals surface area contributed by atoms with Crippen molar-refractivity contribution in [3.63, 3.8) is 0 Å². The molecule has 37 heavy (non-hydrogen) atoms. The monoisotopic (exact) mass is 496 g/mol. The number of carbonyl (C=O) groups excluding carboxylic acids is 1. The molecular weight excluding hydrogens is 464 g/mol. The van der Waals surface area contributed by atoms with Crippen molar-refractivity contribution in [1.29, 1.82) is 0 Å². The van der Waals surface area contributed by atoms with E-state index < -0.39 is 5.60 Å². The highest BCUT2D eigenvalue weighted by Crippen LogP contribution is 2.30. The molecule has 7 heteroatoms. The molecule has 0 saturated heterocycles. The average molecular weight is 497 g/mol. The summed E-state index contributed by atoms with van der Waals surface area (Å²) >= 11 is 0. The molecule has 0 aliphatic carbocycles. The van der Waals surface area contributed by atoms with Gasteiger partial charge in [0.2, 0.25) is 0 Å². The van der Waals surface area contributed by atoms with Crippen LogP contribution in [0.25, 0.3) is 5.65 Å². The first-order chi connectivity index (χ1) is 17.6. The first kappa shape index (κ1) is 24.6. The van der Waals surface area contributed by atoms with Crippen molar-refractivity contribution in [2.75, 3.05) is 10.2 Å². The summed E-state index contributed by atoms with van der Waals surface area (Å²) in [5.41, 5.74) is 5.32. The van der Waals surface area contributed by atoms with Gasteiger partial charge in [-0.3, -0.25) is 9.20 Å². The van der Waals surface area contributed by atoms with Crippen LogP contribution >= 0.6 is 0 Å². The zero-order chi connectivity index (χ0) is 26.3. The largest absolute Gasteiger partial charge is 0.456 e. The van der Waals surface area contributed by atoms with Gasteiger partial charge in [-0.15, -0.1) is 0 Å². The number of benzene rings is 2. The van der Waals surface area contributed by atoms with Gasteiger partial charge in [-0.25, -0.2) is 9.78 Å². The number of fused-ring (bicyclic) bond motifs is 2. The standard InChI is InChI=1S/C30H32N4O3/c1-19-14-24(20(2)31-25-13-9-8-12-23(25)29(36)37-30(3,4)5)28-32-26(15-27(35)34(28)16-19)33-17-21-10-6-7-11-22(21)18-33/h6-16,20,31H,17-18H2,1-5H3. The highest BCUT2D eigenvalue weighted by atomic mass is 16.6. The highest BCUT2D eigenvalue weighted by molar-refractivity contribution is 5.96. The van der Waals surface area contributed by atoms with Crippen molar-refractivity contribution in [2.45, 2.75) is 59.4 Å². The predicted molar refractivity (Wildman–Crippen MR) is 146 cm³/mol.